The normalized spacial score (nSPS) is 8.50. The number of carbonyl (C=O) groups is 2. The molecule has 0 aliphatic carbocycles. The number of amides is 1. The van der Waals surface area contributed by atoms with Gasteiger partial charge in [-0.05, 0) is 13.8 Å². The number of rotatable bonds is 2. The van der Waals surface area contributed by atoms with Crippen LogP contribution < -0.4 is 5.73 Å². The fourth-order valence-electron chi connectivity index (χ4n) is 0.285. The molecular weight excluding hydrogens is 162 g/mol. The lowest BCUT2D eigenvalue weighted by Crippen LogP contribution is -2.11. The Labute approximate surface area is 70.8 Å². The smallest absolute Gasteiger partial charge is 0.404 e. The van der Waals surface area contributed by atoms with E-state index in [0.717, 1.165) is 6.08 Å². The Morgan fingerprint density at radius 1 is 1.58 bits per heavy atom. The second kappa shape index (κ2) is 9.48. The van der Waals surface area contributed by atoms with Gasteiger partial charge in [-0.3, -0.25) is 0 Å². The summed E-state index contributed by atoms with van der Waals surface area (Å²) < 4.78 is 4.18. The van der Waals surface area contributed by atoms with Crippen LogP contribution in [-0.4, -0.2) is 23.8 Å². The van der Waals surface area contributed by atoms with Crippen LogP contribution in [0.1, 0.15) is 13.8 Å². The van der Waals surface area contributed by atoms with E-state index in [0.29, 0.717) is 6.61 Å². The van der Waals surface area contributed by atoms with Crippen molar-refractivity contribution >= 4 is 12.1 Å². The zero-order chi connectivity index (χ0) is 9.98. The summed E-state index contributed by atoms with van der Waals surface area (Å²) in [7, 11) is 0. The van der Waals surface area contributed by atoms with Gasteiger partial charge >= 0.3 is 12.1 Å². The van der Waals surface area contributed by atoms with Crippen LogP contribution in [0.2, 0.25) is 0 Å². The number of allylic oxidation sites excluding steroid dienone is 1. The van der Waals surface area contributed by atoms with Gasteiger partial charge < -0.3 is 15.6 Å². The van der Waals surface area contributed by atoms with Gasteiger partial charge in [0.1, 0.15) is 0 Å². The fraction of sp³-hybridized carbons (Fsp3) is 0.429. The van der Waals surface area contributed by atoms with E-state index in [2.05, 4.69) is 10.5 Å². The number of carboxylic acids is 1. The molecule has 0 radical (unpaired) electrons. The van der Waals surface area contributed by atoms with E-state index < -0.39 is 12.1 Å². The Kier molecular flexibility index (Phi) is 10.3. The van der Waals surface area contributed by atoms with Crippen molar-refractivity contribution in [3.63, 3.8) is 0 Å². The molecule has 0 spiro atoms. The van der Waals surface area contributed by atoms with Crippen molar-refractivity contribution in [1.29, 1.82) is 0 Å². The summed E-state index contributed by atoms with van der Waals surface area (Å²) in [6, 6.07) is 0. The molecule has 0 aromatic rings. The number of nitrogens with two attached hydrogens (primary N) is 1. The van der Waals surface area contributed by atoms with E-state index in [1.165, 1.54) is 6.08 Å². The zero-order valence-electron chi connectivity index (χ0n) is 7.11. The summed E-state index contributed by atoms with van der Waals surface area (Å²) >= 11 is 0. The first-order chi connectivity index (χ1) is 5.54. The number of primary amides is 1. The molecule has 0 aromatic heterocycles. The second-order valence-corrected chi connectivity index (χ2v) is 1.59. The van der Waals surface area contributed by atoms with Gasteiger partial charge in [-0.2, -0.15) is 0 Å². The Hall–Kier alpha value is -1.52. The predicted octanol–water partition coefficient (Wildman–Crippen LogP) is 0.749. The first-order valence-corrected chi connectivity index (χ1v) is 3.32. The molecule has 5 nitrogen and oxygen atoms in total. The predicted molar refractivity (Wildman–Crippen MR) is 43.7 cm³/mol. The molecule has 0 aromatic carbocycles. The van der Waals surface area contributed by atoms with E-state index in [9.17, 15) is 9.59 Å². The minimum absolute atomic E-state index is 0.356. The Morgan fingerprint density at radius 2 is 2.08 bits per heavy atom. The van der Waals surface area contributed by atoms with Crippen molar-refractivity contribution in [3.8, 4) is 0 Å². The van der Waals surface area contributed by atoms with Crippen molar-refractivity contribution in [2.45, 2.75) is 13.8 Å². The summed E-state index contributed by atoms with van der Waals surface area (Å²) in [6.07, 6.45) is 1.85. The summed E-state index contributed by atoms with van der Waals surface area (Å²) in [6.45, 7) is 3.72. The molecule has 0 saturated carbocycles. The first kappa shape index (κ1) is 13.1. The standard InChI is InChI=1S/C4H6O2.C3H7NO2/c1-2-3-4(5)6;1-2-6-3(4)5/h2-3H,1H3,(H,5,6);2H2,1H3,(H2,4,5)/b3-2+;. The largest absolute Gasteiger partial charge is 0.478 e. The second-order valence-electron chi connectivity index (χ2n) is 1.59. The summed E-state index contributed by atoms with van der Waals surface area (Å²) in [5.74, 6) is -0.891. The maximum Gasteiger partial charge on any atom is 0.404 e. The Morgan fingerprint density at radius 3 is 2.08 bits per heavy atom. The highest BCUT2D eigenvalue weighted by molar-refractivity contribution is 5.79. The summed E-state index contributed by atoms with van der Waals surface area (Å²) in [4.78, 5) is 19.1. The molecule has 0 saturated heterocycles. The van der Waals surface area contributed by atoms with E-state index in [4.69, 9.17) is 5.11 Å². The Balaban J connectivity index is 0. The lowest BCUT2D eigenvalue weighted by atomic mass is 10.5. The maximum atomic E-state index is 9.60. The van der Waals surface area contributed by atoms with Crippen molar-refractivity contribution < 1.29 is 19.4 Å². The van der Waals surface area contributed by atoms with Crippen LogP contribution in [0.3, 0.4) is 0 Å². The molecule has 12 heavy (non-hydrogen) atoms. The van der Waals surface area contributed by atoms with Crippen LogP contribution >= 0.6 is 0 Å². The molecule has 1 amide bonds. The molecule has 3 N–H and O–H groups in total. The summed E-state index contributed by atoms with van der Waals surface area (Å²) in [5, 5.41) is 7.83. The lowest BCUT2D eigenvalue weighted by molar-refractivity contribution is -0.131. The van der Waals surface area contributed by atoms with Crippen molar-refractivity contribution in [1.82, 2.24) is 0 Å². The number of carboxylic acid groups (broad SMARTS) is 1. The number of carbonyl (C=O) groups excluding carboxylic acids is 1. The van der Waals surface area contributed by atoms with Gasteiger partial charge in [0.25, 0.3) is 0 Å². The quantitative estimate of drug-likeness (QED) is 0.606. The third-order valence-electron chi connectivity index (χ3n) is 0.596. The third kappa shape index (κ3) is 23.6. The maximum absolute atomic E-state index is 9.60. The van der Waals surface area contributed by atoms with Gasteiger partial charge in [0, 0.05) is 6.08 Å². The van der Waals surface area contributed by atoms with Crippen LogP contribution in [0.5, 0.6) is 0 Å². The molecule has 0 aliphatic heterocycles. The minimum atomic E-state index is -0.891. The Bertz CT molecular complexity index is 165. The molecule has 0 bridgehead atoms. The van der Waals surface area contributed by atoms with Gasteiger partial charge in [-0.25, -0.2) is 9.59 Å². The van der Waals surface area contributed by atoms with Gasteiger partial charge in [0.05, 0.1) is 6.61 Å². The van der Waals surface area contributed by atoms with E-state index >= 15 is 0 Å². The molecule has 5 heteroatoms. The number of aliphatic carboxylic acids is 1. The molecule has 0 heterocycles. The molecule has 70 valence electrons. The molecular formula is C7H13NO4. The van der Waals surface area contributed by atoms with Crippen LogP contribution in [-0.2, 0) is 9.53 Å². The number of ether oxygens (including phenoxy) is 1. The third-order valence-corrected chi connectivity index (χ3v) is 0.596. The van der Waals surface area contributed by atoms with Gasteiger partial charge in [0.15, 0.2) is 0 Å². The lowest BCUT2D eigenvalue weighted by Gasteiger charge is -1.89. The van der Waals surface area contributed by atoms with Crippen molar-refractivity contribution in [2.24, 2.45) is 5.73 Å². The highest BCUT2D eigenvalue weighted by Crippen LogP contribution is 1.66. The SMILES string of the molecule is C/C=C/C(=O)O.CCOC(N)=O. The van der Waals surface area contributed by atoms with E-state index in [1.807, 2.05) is 0 Å². The van der Waals surface area contributed by atoms with Crippen molar-refractivity contribution in [2.75, 3.05) is 6.61 Å². The van der Waals surface area contributed by atoms with E-state index in [1.54, 1.807) is 13.8 Å². The van der Waals surface area contributed by atoms with Gasteiger partial charge in [-0.1, -0.05) is 6.08 Å². The number of hydrogen-bond donors (Lipinski definition) is 2. The molecule has 0 unspecified atom stereocenters. The highest BCUT2D eigenvalue weighted by atomic mass is 16.5. The van der Waals surface area contributed by atoms with Crippen molar-refractivity contribution in [3.05, 3.63) is 12.2 Å². The molecule has 0 rings (SSSR count). The average Bonchev–Trinajstić information content (AvgIpc) is 1.87. The average molecular weight is 175 g/mol. The minimum Gasteiger partial charge on any atom is -0.478 e. The van der Waals surface area contributed by atoms with Gasteiger partial charge in [-0.15, -0.1) is 0 Å². The first-order valence-electron chi connectivity index (χ1n) is 3.32. The van der Waals surface area contributed by atoms with Crippen LogP contribution in [0, 0.1) is 0 Å². The molecule has 0 aliphatic rings. The molecule has 0 atom stereocenters. The van der Waals surface area contributed by atoms with Crippen LogP contribution in [0.15, 0.2) is 12.2 Å². The van der Waals surface area contributed by atoms with Crippen LogP contribution in [0.4, 0.5) is 4.79 Å². The van der Waals surface area contributed by atoms with E-state index in [-0.39, 0.29) is 0 Å². The zero-order valence-corrected chi connectivity index (χ0v) is 7.11. The fourth-order valence-corrected chi connectivity index (χ4v) is 0.285. The summed E-state index contributed by atoms with van der Waals surface area (Å²) in [5.41, 5.74) is 4.54. The molecule has 0 fully saturated rings. The van der Waals surface area contributed by atoms with Gasteiger partial charge in [0.2, 0.25) is 0 Å². The highest BCUT2D eigenvalue weighted by Gasteiger charge is 1.82. The number of hydrogen-bond acceptors (Lipinski definition) is 3. The topological polar surface area (TPSA) is 89.6 Å². The monoisotopic (exact) mass is 175 g/mol. The van der Waals surface area contributed by atoms with Crippen LogP contribution in [0.25, 0.3) is 0 Å².